The maximum atomic E-state index is 13.1. The second-order valence-corrected chi connectivity index (χ2v) is 7.24. The van der Waals surface area contributed by atoms with Gasteiger partial charge in [0.2, 0.25) is 5.69 Å². The maximum absolute atomic E-state index is 13.1. The summed E-state index contributed by atoms with van der Waals surface area (Å²) in [6.45, 7) is 1.66. The molecule has 0 spiro atoms. The molecule has 13 heteroatoms. The van der Waals surface area contributed by atoms with Crippen LogP contribution in [0.15, 0.2) is 48.8 Å². The van der Waals surface area contributed by atoms with Gasteiger partial charge in [-0.15, -0.1) is 15.3 Å². The lowest BCUT2D eigenvalue weighted by Gasteiger charge is -2.10. The van der Waals surface area contributed by atoms with Gasteiger partial charge in [0.05, 0.1) is 12.2 Å². The van der Waals surface area contributed by atoms with E-state index in [1.807, 2.05) is 0 Å². The van der Waals surface area contributed by atoms with E-state index in [0.717, 1.165) is 29.0 Å². The Morgan fingerprint density at radius 3 is 2.55 bits per heavy atom. The molecule has 0 saturated heterocycles. The number of pyridine rings is 1. The molecule has 168 valence electrons. The highest BCUT2D eigenvalue weighted by atomic mass is 32.1. The minimum atomic E-state index is -4.55. The lowest BCUT2D eigenvalue weighted by Crippen LogP contribution is -2.12. The number of nitrogens with zero attached hydrogens (tertiary/aromatic N) is 6. The van der Waals surface area contributed by atoms with Crippen LogP contribution in [0.2, 0.25) is 0 Å². The van der Waals surface area contributed by atoms with Crippen LogP contribution in [0.25, 0.3) is 22.0 Å². The van der Waals surface area contributed by atoms with Crippen LogP contribution in [0.4, 0.5) is 13.2 Å². The molecule has 33 heavy (non-hydrogen) atoms. The number of carbonyl (C=O) groups is 1. The van der Waals surface area contributed by atoms with Crippen molar-refractivity contribution in [3.05, 3.63) is 60.0 Å². The molecule has 0 N–H and O–H groups in total. The first-order valence-corrected chi connectivity index (χ1v) is 10.2. The smallest absolute Gasteiger partial charge is 0.416 e. The van der Waals surface area contributed by atoms with Gasteiger partial charge in [-0.1, -0.05) is 28.6 Å². The van der Waals surface area contributed by atoms with E-state index in [0.29, 0.717) is 5.01 Å². The molecule has 1 aromatic carbocycles. The van der Waals surface area contributed by atoms with Crippen LogP contribution in [-0.4, -0.2) is 42.9 Å². The van der Waals surface area contributed by atoms with Crippen molar-refractivity contribution in [2.45, 2.75) is 13.1 Å². The van der Waals surface area contributed by atoms with Crippen molar-refractivity contribution in [1.29, 1.82) is 0 Å². The molecular weight excluding hydrogens is 461 g/mol. The number of halogens is 3. The molecule has 0 aliphatic rings. The molecule has 0 radical (unpaired) electrons. The van der Waals surface area contributed by atoms with E-state index >= 15 is 0 Å². The Morgan fingerprint density at radius 1 is 1.03 bits per heavy atom. The third-order valence-electron chi connectivity index (χ3n) is 4.09. The summed E-state index contributed by atoms with van der Waals surface area (Å²) >= 11 is 1.06. The summed E-state index contributed by atoms with van der Waals surface area (Å²) in [6.07, 6.45) is -1.37. The third-order valence-corrected chi connectivity index (χ3v) is 4.94. The maximum Gasteiger partial charge on any atom is 0.416 e. The van der Waals surface area contributed by atoms with Crippen molar-refractivity contribution in [3.8, 4) is 33.0 Å². The van der Waals surface area contributed by atoms with Crippen LogP contribution in [-0.2, 0) is 10.9 Å². The van der Waals surface area contributed by atoms with E-state index in [1.54, 1.807) is 31.5 Å². The zero-order chi connectivity index (χ0) is 23.4. The highest BCUT2D eigenvalue weighted by Crippen LogP contribution is 2.33. The summed E-state index contributed by atoms with van der Waals surface area (Å²) in [4.78, 5) is 20.3. The van der Waals surface area contributed by atoms with Crippen LogP contribution >= 0.6 is 11.3 Å². The molecular formula is C20H13F3N6O3S. The van der Waals surface area contributed by atoms with Crippen LogP contribution in [0.5, 0.6) is 11.1 Å². The Morgan fingerprint density at radius 2 is 1.82 bits per heavy atom. The fraction of sp³-hybridized carbons (Fsp3) is 0.150. The van der Waals surface area contributed by atoms with Crippen molar-refractivity contribution in [1.82, 2.24) is 30.4 Å². The molecule has 0 bridgehead atoms. The average molecular weight is 474 g/mol. The lowest BCUT2D eigenvalue weighted by atomic mass is 10.1. The number of hydrogen-bond acceptors (Lipinski definition) is 10. The van der Waals surface area contributed by atoms with Gasteiger partial charge in [0.15, 0.2) is 10.8 Å². The van der Waals surface area contributed by atoms with Gasteiger partial charge in [-0.05, 0) is 31.2 Å². The number of ether oxygens (including phenoxy) is 2. The number of carbonyl (C=O) groups excluding carboxylic acids is 1. The Kier molecular flexibility index (Phi) is 6.22. The Bertz CT molecular complexity index is 1280. The summed E-state index contributed by atoms with van der Waals surface area (Å²) in [5.74, 6) is -1.36. The SMILES string of the molecule is CCOC(=O)c1nnc(-c2cccc(C(F)(F)F)c2)nc1Oc1nnc(-c2ccncc2)s1. The zero-order valence-electron chi connectivity index (χ0n) is 16.8. The summed E-state index contributed by atoms with van der Waals surface area (Å²) < 4.78 is 49.8. The average Bonchev–Trinajstić information content (AvgIpc) is 3.28. The summed E-state index contributed by atoms with van der Waals surface area (Å²) in [7, 11) is 0. The number of rotatable bonds is 6. The highest BCUT2D eigenvalue weighted by Gasteiger charge is 2.31. The predicted molar refractivity (Wildman–Crippen MR) is 109 cm³/mol. The summed E-state index contributed by atoms with van der Waals surface area (Å²) in [5, 5.41) is 16.1. The molecule has 3 heterocycles. The first-order chi connectivity index (χ1) is 15.8. The van der Waals surface area contributed by atoms with Crippen LogP contribution in [0, 0.1) is 0 Å². The third kappa shape index (κ3) is 5.09. The van der Waals surface area contributed by atoms with Crippen molar-refractivity contribution in [3.63, 3.8) is 0 Å². The van der Waals surface area contributed by atoms with E-state index in [9.17, 15) is 18.0 Å². The van der Waals surface area contributed by atoms with Gasteiger partial charge in [-0.2, -0.15) is 18.2 Å². The molecule has 0 aliphatic carbocycles. The standard InChI is InChI=1S/C20H13F3N6O3S/c1-2-31-18(30)14-16(32-19-29-28-17(33-19)11-6-8-24-9-7-11)25-15(27-26-14)12-4-3-5-13(10-12)20(21,22)23/h3-10H,2H2,1H3. The normalized spacial score (nSPS) is 11.3. The Labute approximate surface area is 188 Å². The lowest BCUT2D eigenvalue weighted by molar-refractivity contribution is -0.137. The number of hydrogen-bond donors (Lipinski definition) is 0. The largest absolute Gasteiger partial charge is 0.461 e. The fourth-order valence-electron chi connectivity index (χ4n) is 2.61. The van der Waals surface area contributed by atoms with Gasteiger partial charge in [0, 0.05) is 23.5 Å². The molecule has 4 rings (SSSR count). The molecule has 0 saturated carbocycles. The van der Waals surface area contributed by atoms with Crippen LogP contribution < -0.4 is 4.74 Å². The molecule has 4 aromatic rings. The summed E-state index contributed by atoms with van der Waals surface area (Å²) in [5.41, 5.74) is -0.458. The van der Waals surface area contributed by atoms with Crippen molar-refractivity contribution >= 4 is 17.3 Å². The molecule has 0 unspecified atom stereocenters. The van der Waals surface area contributed by atoms with Gasteiger partial charge in [-0.3, -0.25) is 4.98 Å². The van der Waals surface area contributed by atoms with E-state index in [2.05, 4.69) is 30.4 Å². The van der Waals surface area contributed by atoms with E-state index in [1.165, 1.54) is 12.1 Å². The number of benzene rings is 1. The first-order valence-electron chi connectivity index (χ1n) is 9.36. The van der Waals surface area contributed by atoms with Crippen molar-refractivity contribution in [2.24, 2.45) is 0 Å². The van der Waals surface area contributed by atoms with Crippen LogP contribution in [0.3, 0.4) is 0 Å². The minimum Gasteiger partial charge on any atom is -0.461 e. The highest BCUT2D eigenvalue weighted by molar-refractivity contribution is 7.16. The van der Waals surface area contributed by atoms with Crippen molar-refractivity contribution in [2.75, 3.05) is 6.61 Å². The molecule has 9 nitrogen and oxygen atoms in total. The van der Waals surface area contributed by atoms with Gasteiger partial charge in [0.1, 0.15) is 0 Å². The van der Waals surface area contributed by atoms with Gasteiger partial charge < -0.3 is 9.47 Å². The second kappa shape index (κ2) is 9.24. The monoisotopic (exact) mass is 474 g/mol. The minimum absolute atomic E-state index is 0.0304. The van der Waals surface area contributed by atoms with E-state index in [4.69, 9.17) is 9.47 Å². The summed E-state index contributed by atoms with van der Waals surface area (Å²) in [6, 6.07) is 7.85. The van der Waals surface area contributed by atoms with Gasteiger partial charge >= 0.3 is 17.3 Å². The molecule has 3 aromatic heterocycles. The molecule has 0 atom stereocenters. The van der Waals surface area contributed by atoms with E-state index < -0.39 is 17.7 Å². The second-order valence-electron chi connectivity index (χ2n) is 6.30. The number of aromatic nitrogens is 6. The number of alkyl halides is 3. The molecule has 0 fully saturated rings. The quantitative estimate of drug-likeness (QED) is 0.374. The van der Waals surface area contributed by atoms with Gasteiger partial charge in [0.25, 0.3) is 5.88 Å². The zero-order valence-corrected chi connectivity index (χ0v) is 17.6. The Balaban J connectivity index is 1.71. The van der Waals surface area contributed by atoms with E-state index in [-0.39, 0.29) is 34.8 Å². The topological polar surface area (TPSA) is 113 Å². The fourth-order valence-corrected chi connectivity index (χ4v) is 3.32. The number of esters is 1. The van der Waals surface area contributed by atoms with Gasteiger partial charge in [-0.25, -0.2) is 4.79 Å². The molecule has 0 amide bonds. The molecule has 0 aliphatic heterocycles. The predicted octanol–water partition coefficient (Wildman–Crippen LogP) is 4.44. The Hall–Kier alpha value is -4.00. The van der Waals surface area contributed by atoms with Crippen LogP contribution in [0.1, 0.15) is 23.0 Å². The first kappa shape index (κ1) is 22.2. The van der Waals surface area contributed by atoms with Crippen molar-refractivity contribution < 1.29 is 27.4 Å².